The molecule has 0 bridgehead atoms. The van der Waals surface area contributed by atoms with Crippen molar-refractivity contribution in [1.82, 2.24) is 0 Å². The van der Waals surface area contributed by atoms with Gasteiger partial charge in [-0.3, -0.25) is 4.79 Å². The molecule has 0 saturated heterocycles. The van der Waals surface area contributed by atoms with E-state index >= 15 is 0 Å². The molecular formula is C14H17N3OS. The van der Waals surface area contributed by atoms with Crippen LogP contribution < -0.4 is 16.4 Å². The summed E-state index contributed by atoms with van der Waals surface area (Å²) in [6.45, 7) is 3.51. The van der Waals surface area contributed by atoms with Crippen LogP contribution in [-0.4, -0.2) is 12.5 Å². The molecule has 1 aromatic heterocycles. The van der Waals surface area contributed by atoms with E-state index in [4.69, 9.17) is 11.5 Å². The summed E-state index contributed by atoms with van der Waals surface area (Å²) in [5.41, 5.74) is 13.2. The molecule has 5 heteroatoms. The molecule has 0 aliphatic rings. The molecule has 0 unspecified atom stereocenters. The van der Waals surface area contributed by atoms with Gasteiger partial charge >= 0.3 is 0 Å². The van der Waals surface area contributed by atoms with Gasteiger partial charge in [0, 0.05) is 11.4 Å². The van der Waals surface area contributed by atoms with Crippen molar-refractivity contribution in [3.63, 3.8) is 0 Å². The zero-order valence-electron chi connectivity index (χ0n) is 10.8. The summed E-state index contributed by atoms with van der Waals surface area (Å²) in [5, 5.41) is 2.03. The summed E-state index contributed by atoms with van der Waals surface area (Å²) >= 11 is 1.68. The minimum absolute atomic E-state index is 0.452. The lowest BCUT2D eigenvalue weighted by atomic mass is 10.1. The third-order valence-electron chi connectivity index (χ3n) is 2.96. The molecule has 0 radical (unpaired) electrons. The van der Waals surface area contributed by atoms with Gasteiger partial charge in [0.05, 0.1) is 23.5 Å². The highest BCUT2D eigenvalue weighted by atomic mass is 32.1. The molecule has 0 atom stereocenters. The van der Waals surface area contributed by atoms with E-state index in [1.807, 2.05) is 18.4 Å². The molecule has 0 saturated carbocycles. The number of anilines is 2. The lowest BCUT2D eigenvalue weighted by molar-refractivity contribution is 0.100. The number of nitrogens with two attached hydrogens (primary N) is 2. The van der Waals surface area contributed by atoms with E-state index < -0.39 is 5.91 Å². The van der Waals surface area contributed by atoms with E-state index in [0.717, 1.165) is 18.8 Å². The van der Waals surface area contributed by atoms with Gasteiger partial charge in [-0.05, 0) is 30.5 Å². The van der Waals surface area contributed by atoms with Crippen LogP contribution in [0.4, 0.5) is 11.4 Å². The smallest absolute Gasteiger partial charge is 0.250 e. The second-order valence-electron chi connectivity index (χ2n) is 4.20. The molecule has 4 N–H and O–H groups in total. The largest absolute Gasteiger partial charge is 0.397 e. The number of rotatable bonds is 5. The molecular weight excluding hydrogens is 258 g/mol. The average Bonchev–Trinajstić information content (AvgIpc) is 2.89. The molecule has 0 spiro atoms. The number of nitrogens with zero attached hydrogens (tertiary/aromatic N) is 1. The molecule has 2 rings (SSSR count). The van der Waals surface area contributed by atoms with Gasteiger partial charge in [0.15, 0.2) is 0 Å². The fourth-order valence-electron chi connectivity index (χ4n) is 2.05. The normalized spacial score (nSPS) is 10.4. The van der Waals surface area contributed by atoms with Crippen LogP contribution >= 0.6 is 11.3 Å². The first-order valence-corrected chi connectivity index (χ1v) is 6.97. The van der Waals surface area contributed by atoms with Gasteiger partial charge in [-0.25, -0.2) is 0 Å². The van der Waals surface area contributed by atoms with Gasteiger partial charge in [0.2, 0.25) is 0 Å². The summed E-state index contributed by atoms with van der Waals surface area (Å²) in [6.07, 6.45) is 0. The van der Waals surface area contributed by atoms with E-state index in [2.05, 4.69) is 11.0 Å². The highest BCUT2D eigenvalue weighted by Gasteiger charge is 2.17. The maximum Gasteiger partial charge on any atom is 0.250 e. The van der Waals surface area contributed by atoms with Gasteiger partial charge in [-0.2, -0.15) is 0 Å². The summed E-state index contributed by atoms with van der Waals surface area (Å²) in [4.78, 5) is 14.8. The topological polar surface area (TPSA) is 72.3 Å². The SMILES string of the molecule is CCN(Cc1cccs1)c1c(N)cccc1C(N)=O. The van der Waals surface area contributed by atoms with Crippen molar-refractivity contribution in [2.24, 2.45) is 5.73 Å². The Bertz CT molecular complexity index is 566. The molecule has 1 heterocycles. The van der Waals surface area contributed by atoms with Crippen LogP contribution in [0.1, 0.15) is 22.2 Å². The number of para-hydroxylation sites is 1. The standard InChI is InChI=1S/C14H17N3OS/c1-2-17(9-10-5-4-8-19-10)13-11(14(16)18)6-3-7-12(13)15/h3-8H,2,9,15H2,1H3,(H2,16,18). The molecule has 1 amide bonds. The Kier molecular flexibility index (Phi) is 4.06. The quantitative estimate of drug-likeness (QED) is 0.823. The Morgan fingerprint density at radius 2 is 2.11 bits per heavy atom. The van der Waals surface area contributed by atoms with Crippen LogP contribution in [0.15, 0.2) is 35.7 Å². The second-order valence-corrected chi connectivity index (χ2v) is 5.23. The van der Waals surface area contributed by atoms with E-state index in [9.17, 15) is 4.79 Å². The summed E-state index contributed by atoms with van der Waals surface area (Å²) in [7, 11) is 0. The van der Waals surface area contributed by atoms with Crippen LogP contribution in [0.3, 0.4) is 0 Å². The second kappa shape index (κ2) is 5.75. The Hall–Kier alpha value is -2.01. The zero-order chi connectivity index (χ0) is 13.8. The maximum atomic E-state index is 11.5. The first-order valence-electron chi connectivity index (χ1n) is 6.09. The summed E-state index contributed by atoms with van der Waals surface area (Å²) < 4.78 is 0. The fourth-order valence-corrected chi connectivity index (χ4v) is 2.77. The van der Waals surface area contributed by atoms with E-state index in [-0.39, 0.29) is 0 Å². The number of hydrogen-bond donors (Lipinski definition) is 2. The van der Waals surface area contributed by atoms with Crippen LogP contribution in [0.5, 0.6) is 0 Å². The van der Waals surface area contributed by atoms with Crippen molar-refractivity contribution in [2.45, 2.75) is 13.5 Å². The Balaban J connectivity index is 2.40. The number of primary amides is 1. The van der Waals surface area contributed by atoms with Gasteiger partial charge in [-0.1, -0.05) is 12.1 Å². The van der Waals surface area contributed by atoms with E-state index in [0.29, 0.717) is 11.3 Å². The van der Waals surface area contributed by atoms with E-state index in [1.54, 1.807) is 29.5 Å². The highest BCUT2D eigenvalue weighted by molar-refractivity contribution is 7.09. The van der Waals surface area contributed by atoms with Crippen molar-refractivity contribution >= 4 is 28.6 Å². The van der Waals surface area contributed by atoms with Crippen LogP contribution in [0.2, 0.25) is 0 Å². The molecule has 0 aliphatic carbocycles. The molecule has 2 aromatic rings. The monoisotopic (exact) mass is 275 g/mol. The van der Waals surface area contributed by atoms with Crippen molar-refractivity contribution in [3.05, 3.63) is 46.2 Å². The predicted molar refractivity (Wildman–Crippen MR) is 80.4 cm³/mol. The van der Waals surface area contributed by atoms with Gasteiger partial charge < -0.3 is 16.4 Å². The Morgan fingerprint density at radius 3 is 2.68 bits per heavy atom. The number of thiophene rings is 1. The summed E-state index contributed by atoms with van der Waals surface area (Å²) in [5.74, 6) is -0.452. The average molecular weight is 275 g/mol. The van der Waals surface area contributed by atoms with Crippen molar-refractivity contribution in [1.29, 1.82) is 0 Å². The van der Waals surface area contributed by atoms with Crippen molar-refractivity contribution in [3.8, 4) is 0 Å². The van der Waals surface area contributed by atoms with E-state index in [1.165, 1.54) is 4.88 Å². The first-order chi connectivity index (χ1) is 9.13. The minimum atomic E-state index is -0.452. The minimum Gasteiger partial charge on any atom is -0.397 e. The van der Waals surface area contributed by atoms with Gasteiger partial charge in [0.1, 0.15) is 0 Å². The van der Waals surface area contributed by atoms with Crippen LogP contribution in [0, 0.1) is 0 Å². The number of benzene rings is 1. The molecule has 0 fully saturated rings. The number of carbonyl (C=O) groups excluding carboxylic acids is 1. The summed E-state index contributed by atoms with van der Waals surface area (Å²) in [6, 6.07) is 9.33. The van der Waals surface area contributed by atoms with Crippen molar-refractivity contribution in [2.75, 3.05) is 17.2 Å². The van der Waals surface area contributed by atoms with Crippen LogP contribution in [-0.2, 0) is 6.54 Å². The molecule has 1 aromatic carbocycles. The number of nitrogen functional groups attached to an aromatic ring is 1. The lowest BCUT2D eigenvalue weighted by Crippen LogP contribution is -2.26. The van der Waals surface area contributed by atoms with Crippen molar-refractivity contribution < 1.29 is 4.79 Å². The Morgan fingerprint density at radius 1 is 1.32 bits per heavy atom. The molecule has 4 nitrogen and oxygen atoms in total. The highest BCUT2D eigenvalue weighted by Crippen LogP contribution is 2.29. The zero-order valence-corrected chi connectivity index (χ0v) is 11.6. The number of carbonyl (C=O) groups is 1. The number of amides is 1. The molecule has 0 aliphatic heterocycles. The molecule has 100 valence electrons. The first kappa shape index (κ1) is 13.4. The third-order valence-corrected chi connectivity index (χ3v) is 3.82. The lowest BCUT2D eigenvalue weighted by Gasteiger charge is -2.26. The van der Waals surface area contributed by atoms with Crippen LogP contribution in [0.25, 0.3) is 0 Å². The maximum absolute atomic E-state index is 11.5. The van der Waals surface area contributed by atoms with Gasteiger partial charge in [0.25, 0.3) is 5.91 Å². The number of hydrogen-bond acceptors (Lipinski definition) is 4. The fraction of sp³-hybridized carbons (Fsp3) is 0.214. The third kappa shape index (κ3) is 2.88. The van der Waals surface area contributed by atoms with Gasteiger partial charge in [-0.15, -0.1) is 11.3 Å². The predicted octanol–water partition coefficient (Wildman–Crippen LogP) is 2.46. The molecule has 19 heavy (non-hydrogen) atoms. The Labute approximate surface area is 116 Å².